The van der Waals surface area contributed by atoms with Crippen molar-refractivity contribution in [2.45, 2.75) is 26.7 Å². The van der Waals surface area contributed by atoms with Crippen LogP contribution in [0.4, 0.5) is 0 Å². The number of aromatic hydroxyl groups is 1. The van der Waals surface area contributed by atoms with E-state index in [1.165, 1.54) is 0 Å². The maximum absolute atomic E-state index is 10.1. The lowest BCUT2D eigenvalue weighted by Gasteiger charge is -2.19. The molecule has 3 heteroatoms. The molecule has 0 aromatic heterocycles. The van der Waals surface area contributed by atoms with Crippen LogP contribution in [0.2, 0.25) is 0 Å². The van der Waals surface area contributed by atoms with Gasteiger partial charge >= 0.3 is 0 Å². The van der Waals surface area contributed by atoms with E-state index in [1.54, 1.807) is 20.3 Å². The summed E-state index contributed by atoms with van der Waals surface area (Å²) in [7, 11) is 3.25. The highest BCUT2D eigenvalue weighted by atomic mass is 16.5. The summed E-state index contributed by atoms with van der Waals surface area (Å²) in [6.45, 7) is 6.19. The lowest BCUT2D eigenvalue weighted by atomic mass is 9.93. The smallest absolute Gasteiger partial charge is 0.164 e. The van der Waals surface area contributed by atoms with Crippen molar-refractivity contribution in [2.75, 3.05) is 14.2 Å². The van der Waals surface area contributed by atoms with Crippen LogP contribution >= 0.6 is 0 Å². The number of ether oxygens (including phenoxy) is 2. The number of methoxy groups -OCH3 is 2. The zero-order chi connectivity index (χ0) is 14.2. The zero-order valence-electron chi connectivity index (χ0n) is 12.1. The number of phenolic OH excluding ortho intramolecular Hbond substituents is 1. The van der Waals surface area contributed by atoms with E-state index in [4.69, 9.17) is 9.47 Å². The second-order valence-electron chi connectivity index (χ2n) is 5.06. The zero-order valence-corrected chi connectivity index (χ0v) is 12.1. The van der Waals surface area contributed by atoms with E-state index in [2.05, 4.69) is 19.9 Å². The molecule has 3 nitrogen and oxygen atoms in total. The Morgan fingerprint density at radius 1 is 1.00 bits per heavy atom. The second-order valence-corrected chi connectivity index (χ2v) is 5.06. The summed E-state index contributed by atoms with van der Waals surface area (Å²) < 4.78 is 10.9. The van der Waals surface area contributed by atoms with Gasteiger partial charge < -0.3 is 14.6 Å². The Hall–Kier alpha value is -1.90. The third kappa shape index (κ3) is 2.21. The molecule has 0 spiro atoms. The fraction of sp³-hybridized carbons (Fsp3) is 0.375. The van der Waals surface area contributed by atoms with Crippen LogP contribution in [-0.4, -0.2) is 19.3 Å². The minimum atomic E-state index is 0.272. The van der Waals surface area contributed by atoms with Crippen molar-refractivity contribution < 1.29 is 14.6 Å². The predicted molar refractivity (Wildman–Crippen MR) is 77.5 cm³/mol. The van der Waals surface area contributed by atoms with Crippen molar-refractivity contribution in [3.05, 3.63) is 29.3 Å². The minimum Gasteiger partial charge on any atom is -0.507 e. The maximum Gasteiger partial charge on any atom is 0.164 e. The predicted octanol–water partition coefficient (Wildman–Crippen LogP) is 3.99. The van der Waals surface area contributed by atoms with Gasteiger partial charge in [0.15, 0.2) is 11.5 Å². The van der Waals surface area contributed by atoms with Crippen molar-refractivity contribution >= 4 is 10.8 Å². The van der Waals surface area contributed by atoms with Crippen LogP contribution < -0.4 is 9.47 Å². The topological polar surface area (TPSA) is 38.7 Å². The van der Waals surface area contributed by atoms with Crippen LogP contribution in [0.15, 0.2) is 18.2 Å². The first-order chi connectivity index (χ1) is 8.99. The van der Waals surface area contributed by atoms with Crippen molar-refractivity contribution in [3.8, 4) is 17.2 Å². The summed E-state index contributed by atoms with van der Waals surface area (Å²) in [5.74, 6) is 1.94. The van der Waals surface area contributed by atoms with Crippen molar-refractivity contribution in [2.24, 2.45) is 0 Å². The van der Waals surface area contributed by atoms with Gasteiger partial charge in [0.25, 0.3) is 0 Å². The van der Waals surface area contributed by atoms with Gasteiger partial charge in [0.05, 0.1) is 14.2 Å². The Bertz CT molecular complexity index is 615. The van der Waals surface area contributed by atoms with E-state index in [1.807, 2.05) is 13.0 Å². The van der Waals surface area contributed by atoms with Gasteiger partial charge in [0, 0.05) is 10.9 Å². The molecule has 0 heterocycles. The molecule has 0 amide bonds. The fourth-order valence-corrected chi connectivity index (χ4v) is 2.54. The SMILES string of the molecule is COc1cc2c(O)cc(C)cc2c(C(C)C)c1OC. The molecule has 0 fully saturated rings. The molecule has 2 rings (SSSR count). The van der Waals surface area contributed by atoms with Gasteiger partial charge in [-0.3, -0.25) is 0 Å². The third-order valence-corrected chi connectivity index (χ3v) is 3.34. The van der Waals surface area contributed by atoms with Gasteiger partial charge in [-0.05, 0) is 35.9 Å². The summed E-state index contributed by atoms with van der Waals surface area (Å²) in [6.07, 6.45) is 0. The number of benzene rings is 2. The standard InChI is InChI=1S/C16H20O3/c1-9(2)15-12-6-10(3)7-13(17)11(12)8-14(18-4)16(15)19-5/h6-9,17H,1-5H3. The molecule has 102 valence electrons. The molecule has 0 bridgehead atoms. The van der Waals surface area contributed by atoms with E-state index < -0.39 is 0 Å². The number of hydrogen-bond donors (Lipinski definition) is 1. The normalized spacial score (nSPS) is 11.1. The van der Waals surface area contributed by atoms with Crippen LogP contribution in [0.5, 0.6) is 17.2 Å². The van der Waals surface area contributed by atoms with Gasteiger partial charge in [0.1, 0.15) is 5.75 Å². The van der Waals surface area contributed by atoms with Crippen LogP contribution in [0.1, 0.15) is 30.9 Å². The molecule has 0 aliphatic carbocycles. The van der Waals surface area contributed by atoms with Crippen LogP contribution in [-0.2, 0) is 0 Å². The molecule has 0 saturated heterocycles. The van der Waals surface area contributed by atoms with Crippen LogP contribution in [0.3, 0.4) is 0 Å². The second kappa shape index (κ2) is 5.00. The van der Waals surface area contributed by atoms with E-state index in [0.29, 0.717) is 5.75 Å². The summed E-state index contributed by atoms with van der Waals surface area (Å²) >= 11 is 0. The highest BCUT2D eigenvalue weighted by molar-refractivity contribution is 5.95. The largest absolute Gasteiger partial charge is 0.507 e. The average molecular weight is 260 g/mol. The van der Waals surface area contributed by atoms with Gasteiger partial charge in [-0.15, -0.1) is 0 Å². The highest BCUT2D eigenvalue weighted by Crippen LogP contribution is 2.44. The van der Waals surface area contributed by atoms with Crippen molar-refractivity contribution in [1.29, 1.82) is 0 Å². The fourth-order valence-electron chi connectivity index (χ4n) is 2.54. The Kier molecular flexibility index (Phi) is 3.56. The van der Waals surface area contributed by atoms with Crippen molar-refractivity contribution in [3.63, 3.8) is 0 Å². The molecule has 0 aliphatic heterocycles. The lowest BCUT2D eigenvalue weighted by Crippen LogP contribution is -1.99. The molecule has 19 heavy (non-hydrogen) atoms. The Morgan fingerprint density at radius 2 is 1.68 bits per heavy atom. The maximum atomic E-state index is 10.1. The molecule has 2 aromatic rings. The molecular weight excluding hydrogens is 240 g/mol. The molecule has 2 aromatic carbocycles. The summed E-state index contributed by atoms with van der Waals surface area (Å²) in [5.41, 5.74) is 2.09. The number of phenols is 1. The third-order valence-electron chi connectivity index (χ3n) is 3.34. The summed E-state index contributed by atoms with van der Waals surface area (Å²) in [4.78, 5) is 0. The first-order valence-electron chi connectivity index (χ1n) is 6.37. The van der Waals surface area contributed by atoms with Crippen molar-refractivity contribution in [1.82, 2.24) is 0 Å². The van der Waals surface area contributed by atoms with Crippen LogP contribution in [0.25, 0.3) is 10.8 Å². The first-order valence-corrected chi connectivity index (χ1v) is 6.37. The van der Waals surface area contributed by atoms with Gasteiger partial charge in [0.2, 0.25) is 0 Å². The van der Waals surface area contributed by atoms with E-state index in [0.717, 1.165) is 27.6 Å². The molecule has 0 saturated carbocycles. The van der Waals surface area contributed by atoms with E-state index in [-0.39, 0.29) is 11.7 Å². The molecule has 0 unspecified atom stereocenters. The first kappa shape index (κ1) is 13.5. The Labute approximate surface area is 113 Å². The molecule has 0 atom stereocenters. The number of rotatable bonds is 3. The molecule has 0 aliphatic rings. The number of hydrogen-bond acceptors (Lipinski definition) is 3. The molecule has 0 radical (unpaired) electrons. The van der Waals surface area contributed by atoms with Gasteiger partial charge in [-0.2, -0.15) is 0 Å². The van der Waals surface area contributed by atoms with E-state index >= 15 is 0 Å². The summed E-state index contributed by atoms with van der Waals surface area (Å²) in [5, 5.41) is 12.0. The quantitative estimate of drug-likeness (QED) is 0.906. The van der Waals surface area contributed by atoms with Gasteiger partial charge in [-0.25, -0.2) is 0 Å². The highest BCUT2D eigenvalue weighted by Gasteiger charge is 2.19. The van der Waals surface area contributed by atoms with Gasteiger partial charge in [-0.1, -0.05) is 19.9 Å². The molecular formula is C16H20O3. The summed E-state index contributed by atoms with van der Waals surface area (Å²) in [6, 6.07) is 5.67. The average Bonchev–Trinajstić information content (AvgIpc) is 2.36. The monoisotopic (exact) mass is 260 g/mol. The number of fused-ring (bicyclic) bond motifs is 1. The minimum absolute atomic E-state index is 0.272. The number of aryl methyl sites for hydroxylation is 1. The Balaban J connectivity index is 2.96. The lowest BCUT2D eigenvalue weighted by molar-refractivity contribution is 0.351. The van der Waals surface area contributed by atoms with Crippen LogP contribution in [0, 0.1) is 6.92 Å². The van der Waals surface area contributed by atoms with E-state index in [9.17, 15) is 5.11 Å². The molecule has 1 N–H and O–H groups in total. The Morgan fingerprint density at radius 3 is 2.21 bits per heavy atom.